The maximum atomic E-state index is 13.3. The summed E-state index contributed by atoms with van der Waals surface area (Å²) >= 11 is 0. The van der Waals surface area contributed by atoms with Gasteiger partial charge in [-0.25, -0.2) is 14.5 Å². The Morgan fingerprint density at radius 2 is 1.89 bits per heavy atom. The van der Waals surface area contributed by atoms with E-state index in [-0.39, 0.29) is 11.5 Å². The first-order chi connectivity index (χ1) is 17.2. The summed E-state index contributed by atoms with van der Waals surface area (Å²) in [6.07, 6.45) is -1.33. The number of nitrogens with zero attached hydrogens (tertiary/aromatic N) is 4. The fourth-order valence-corrected chi connectivity index (χ4v) is 3.53. The van der Waals surface area contributed by atoms with Gasteiger partial charge in [-0.15, -0.1) is 0 Å². The highest BCUT2D eigenvalue weighted by Crippen LogP contribution is 2.36. The van der Waals surface area contributed by atoms with Crippen molar-refractivity contribution in [2.24, 2.45) is 0 Å². The van der Waals surface area contributed by atoms with E-state index >= 15 is 0 Å². The number of hydrogen-bond donors (Lipinski definition) is 2. The number of halogens is 3. The van der Waals surface area contributed by atoms with Crippen LogP contribution in [0.3, 0.4) is 0 Å². The molecule has 36 heavy (non-hydrogen) atoms. The average Bonchev–Trinajstić information content (AvgIpc) is 3.26. The number of nitrogen functional groups attached to an aromatic ring is 1. The molecule has 0 aliphatic rings. The van der Waals surface area contributed by atoms with Crippen molar-refractivity contribution in [2.45, 2.75) is 19.5 Å². The molecule has 0 fully saturated rings. The molecule has 3 N–H and O–H groups in total. The lowest BCUT2D eigenvalue weighted by molar-refractivity contribution is -0.137. The number of ether oxygens (including phenoxy) is 2. The number of nitrogens with one attached hydrogen (secondary N) is 1. The van der Waals surface area contributed by atoms with Gasteiger partial charge in [-0.1, -0.05) is 0 Å². The molecular weight excluding hydrogens is 477 g/mol. The first-order valence-corrected chi connectivity index (χ1v) is 10.9. The summed E-state index contributed by atoms with van der Waals surface area (Å²) in [4.78, 5) is 18.9. The van der Waals surface area contributed by atoms with Gasteiger partial charge in [-0.3, -0.25) is 4.79 Å². The summed E-state index contributed by atoms with van der Waals surface area (Å²) in [7, 11) is 1.51. The Labute approximate surface area is 204 Å². The number of methoxy groups -OCH3 is 1. The van der Waals surface area contributed by atoms with E-state index in [9.17, 15) is 18.0 Å². The van der Waals surface area contributed by atoms with Crippen molar-refractivity contribution in [3.05, 3.63) is 54.4 Å². The van der Waals surface area contributed by atoms with Crippen LogP contribution in [-0.4, -0.2) is 45.8 Å². The first kappa shape index (κ1) is 24.8. The van der Waals surface area contributed by atoms with E-state index in [1.165, 1.54) is 30.9 Å². The largest absolute Gasteiger partial charge is 0.493 e. The Balaban J connectivity index is 1.62. The van der Waals surface area contributed by atoms with Crippen molar-refractivity contribution < 1.29 is 27.4 Å². The van der Waals surface area contributed by atoms with E-state index in [1.54, 1.807) is 30.3 Å². The smallest absolute Gasteiger partial charge is 0.419 e. The molecule has 9 nitrogen and oxygen atoms in total. The van der Waals surface area contributed by atoms with Gasteiger partial charge in [-0.2, -0.15) is 18.3 Å². The van der Waals surface area contributed by atoms with Crippen molar-refractivity contribution in [1.82, 2.24) is 24.9 Å². The number of hydrogen-bond acceptors (Lipinski definition) is 7. The molecular formula is C24H23F3N6O3. The highest BCUT2D eigenvalue weighted by Gasteiger charge is 2.34. The molecule has 3 aromatic heterocycles. The highest BCUT2D eigenvalue weighted by molar-refractivity contribution is 5.72. The molecule has 4 aromatic rings. The monoisotopic (exact) mass is 500 g/mol. The van der Waals surface area contributed by atoms with Crippen LogP contribution in [0.25, 0.3) is 28.2 Å². The van der Waals surface area contributed by atoms with Gasteiger partial charge in [0.25, 0.3) is 0 Å². The Hall–Kier alpha value is -4.35. The summed E-state index contributed by atoms with van der Waals surface area (Å²) in [6, 6.07) is 9.68. The molecule has 188 valence electrons. The number of nitrogens with two attached hydrogens (primary N) is 1. The fraction of sp³-hybridized carbons (Fsp3) is 0.250. The number of rotatable bonds is 8. The molecule has 0 saturated heterocycles. The van der Waals surface area contributed by atoms with E-state index < -0.39 is 17.6 Å². The van der Waals surface area contributed by atoms with E-state index in [0.717, 1.165) is 6.07 Å². The Kier molecular flexibility index (Phi) is 6.95. The molecule has 0 atom stereocenters. The molecule has 0 bridgehead atoms. The van der Waals surface area contributed by atoms with Crippen molar-refractivity contribution in [2.75, 3.05) is 26.0 Å². The quantitative estimate of drug-likeness (QED) is 0.352. The van der Waals surface area contributed by atoms with Gasteiger partial charge in [0.2, 0.25) is 5.91 Å². The van der Waals surface area contributed by atoms with Gasteiger partial charge in [0.15, 0.2) is 17.1 Å². The molecule has 0 aliphatic heterocycles. The second-order valence-electron chi connectivity index (χ2n) is 7.84. The summed E-state index contributed by atoms with van der Waals surface area (Å²) < 4.78 is 52.6. The van der Waals surface area contributed by atoms with Crippen molar-refractivity contribution in [3.8, 4) is 34.0 Å². The minimum atomic E-state index is -4.64. The van der Waals surface area contributed by atoms with Crippen molar-refractivity contribution in [1.29, 1.82) is 0 Å². The van der Waals surface area contributed by atoms with E-state index in [4.69, 9.17) is 15.2 Å². The maximum absolute atomic E-state index is 13.3. The number of pyridine rings is 1. The molecule has 0 unspecified atom stereocenters. The number of aromatic nitrogens is 4. The summed E-state index contributed by atoms with van der Waals surface area (Å²) in [5.41, 5.74) is 6.60. The van der Waals surface area contributed by atoms with Crippen LogP contribution < -0.4 is 20.5 Å². The average molecular weight is 500 g/mol. The van der Waals surface area contributed by atoms with Gasteiger partial charge in [-0.05, 0) is 42.8 Å². The zero-order valence-corrected chi connectivity index (χ0v) is 19.5. The van der Waals surface area contributed by atoms with Crippen LogP contribution in [0.2, 0.25) is 0 Å². The van der Waals surface area contributed by atoms with E-state index in [0.29, 0.717) is 53.7 Å². The number of benzene rings is 1. The first-order valence-electron chi connectivity index (χ1n) is 10.9. The molecule has 0 radical (unpaired) electrons. The summed E-state index contributed by atoms with van der Waals surface area (Å²) in [5.74, 6) is 0.313. The van der Waals surface area contributed by atoms with E-state index in [2.05, 4.69) is 20.4 Å². The zero-order valence-electron chi connectivity index (χ0n) is 19.5. The van der Waals surface area contributed by atoms with Gasteiger partial charge in [0.05, 0.1) is 36.9 Å². The van der Waals surface area contributed by atoms with Crippen LogP contribution >= 0.6 is 0 Å². The number of carbonyl (C=O) groups is 1. The minimum absolute atomic E-state index is 0.101. The third-order valence-electron chi connectivity index (χ3n) is 5.29. The van der Waals surface area contributed by atoms with Crippen molar-refractivity contribution >= 4 is 17.4 Å². The second-order valence-corrected chi connectivity index (χ2v) is 7.84. The summed E-state index contributed by atoms with van der Waals surface area (Å²) in [5, 5.41) is 7.28. The van der Waals surface area contributed by atoms with Crippen LogP contribution in [0, 0.1) is 0 Å². The number of imidazole rings is 1. The fourth-order valence-electron chi connectivity index (χ4n) is 3.53. The molecule has 1 amide bonds. The van der Waals surface area contributed by atoms with Crippen LogP contribution in [0.15, 0.2) is 48.8 Å². The van der Waals surface area contributed by atoms with Crippen LogP contribution in [-0.2, 0) is 11.0 Å². The minimum Gasteiger partial charge on any atom is -0.493 e. The van der Waals surface area contributed by atoms with E-state index in [1.807, 2.05) is 0 Å². The van der Waals surface area contributed by atoms with Crippen LogP contribution in [0.1, 0.15) is 18.9 Å². The standard InChI is InChI=1S/C24H23F3N6O3/c1-14(34)29-8-3-9-36-20-6-4-15(11-21(20)35-2)18-5-7-22-30-13-19(33(22)32-18)16-10-17(24(25,26)27)23(28)31-12-16/h4-7,10-13H,3,8-9H2,1-2H3,(H2,28,31)(H,29,34). The molecule has 0 spiro atoms. The second kappa shape index (κ2) is 10.1. The molecule has 1 aromatic carbocycles. The van der Waals surface area contributed by atoms with Gasteiger partial charge in [0.1, 0.15) is 5.82 Å². The molecule has 3 heterocycles. The molecule has 0 saturated carbocycles. The highest BCUT2D eigenvalue weighted by atomic mass is 19.4. The number of alkyl halides is 3. The normalized spacial score (nSPS) is 11.5. The Morgan fingerprint density at radius 1 is 1.08 bits per heavy atom. The van der Waals surface area contributed by atoms with Crippen LogP contribution in [0.5, 0.6) is 11.5 Å². The van der Waals surface area contributed by atoms with Gasteiger partial charge >= 0.3 is 6.18 Å². The number of anilines is 1. The number of amides is 1. The lowest BCUT2D eigenvalue weighted by Crippen LogP contribution is -2.22. The Morgan fingerprint density at radius 3 is 2.61 bits per heavy atom. The maximum Gasteiger partial charge on any atom is 0.419 e. The number of fused-ring (bicyclic) bond motifs is 1. The zero-order chi connectivity index (χ0) is 25.9. The predicted octanol–water partition coefficient (Wildman–Crippen LogP) is 3.97. The third kappa shape index (κ3) is 5.32. The lowest BCUT2D eigenvalue weighted by atomic mass is 10.1. The lowest BCUT2D eigenvalue weighted by Gasteiger charge is -2.13. The van der Waals surface area contributed by atoms with Gasteiger partial charge < -0.3 is 20.5 Å². The third-order valence-corrected chi connectivity index (χ3v) is 5.29. The number of carbonyl (C=O) groups excluding carboxylic acids is 1. The molecule has 12 heteroatoms. The van der Waals surface area contributed by atoms with Crippen molar-refractivity contribution in [3.63, 3.8) is 0 Å². The SMILES string of the molecule is COc1cc(-c2ccc3ncc(-c4cnc(N)c(C(F)(F)F)c4)n3n2)ccc1OCCCNC(C)=O. The predicted molar refractivity (Wildman–Crippen MR) is 126 cm³/mol. The van der Waals surface area contributed by atoms with Crippen LogP contribution in [0.4, 0.5) is 19.0 Å². The summed E-state index contributed by atoms with van der Waals surface area (Å²) in [6.45, 7) is 2.34. The topological polar surface area (TPSA) is 117 Å². The molecule has 4 rings (SSSR count). The Bertz CT molecular complexity index is 1400. The molecule has 0 aliphatic carbocycles. The van der Waals surface area contributed by atoms with Gasteiger partial charge in [0, 0.05) is 30.8 Å².